The Balaban J connectivity index is 2.27. The maximum absolute atomic E-state index is 4.45. The first kappa shape index (κ1) is 10.6. The van der Waals surface area contributed by atoms with Crippen LogP contribution in [0.25, 0.3) is 0 Å². The molecule has 0 saturated heterocycles. The van der Waals surface area contributed by atoms with E-state index in [0.717, 1.165) is 19.0 Å². The van der Waals surface area contributed by atoms with E-state index in [-0.39, 0.29) is 0 Å². The zero-order valence-corrected chi connectivity index (χ0v) is 8.97. The highest BCUT2D eigenvalue weighted by Crippen LogP contribution is 2.18. The molecule has 0 saturated carbocycles. The summed E-state index contributed by atoms with van der Waals surface area (Å²) in [5.74, 6) is 2.12. The van der Waals surface area contributed by atoms with E-state index in [2.05, 4.69) is 24.2 Å². The lowest BCUT2D eigenvalue weighted by Crippen LogP contribution is -2.21. The van der Waals surface area contributed by atoms with Gasteiger partial charge in [-0.3, -0.25) is 4.99 Å². The molecule has 0 unspecified atom stereocenters. The van der Waals surface area contributed by atoms with Crippen molar-refractivity contribution in [2.45, 2.75) is 46.0 Å². The summed E-state index contributed by atoms with van der Waals surface area (Å²) in [5, 5.41) is 3.35. The quantitative estimate of drug-likeness (QED) is 0.671. The van der Waals surface area contributed by atoms with Gasteiger partial charge in [-0.2, -0.15) is 0 Å². The molecule has 0 bridgehead atoms. The molecule has 2 heteroatoms. The third-order valence-corrected chi connectivity index (χ3v) is 2.62. The number of nitrogens with zero attached hydrogens (tertiary/aromatic N) is 1. The lowest BCUT2D eigenvalue weighted by Gasteiger charge is -2.14. The van der Waals surface area contributed by atoms with Gasteiger partial charge < -0.3 is 5.32 Å². The summed E-state index contributed by atoms with van der Waals surface area (Å²) in [6, 6.07) is 0. The Morgan fingerprint density at radius 3 is 2.46 bits per heavy atom. The van der Waals surface area contributed by atoms with E-state index in [9.17, 15) is 0 Å². The second-order valence-electron chi connectivity index (χ2n) is 3.90. The lowest BCUT2D eigenvalue weighted by atomic mass is 9.94. The van der Waals surface area contributed by atoms with Gasteiger partial charge in [-0.1, -0.05) is 39.5 Å². The summed E-state index contributed by atoms with van der Waals surface area (Å²) in [6.07, 6.45) is 6.50. The molecule has 2 nitrogen and oxygen atoms in total. The first-order chi connectivity index (χ1) is 6.36. The number of hydrogen-bond donors (Lipinski definition) is 1. The van der Waals surface area contributed by atoms with Crippen LogP contribution in [0.2, 0.25) is 0 Å². The Labute approximate surface area is 81.8 Å². The fraction of sp³-hybridized carbons (Fsp3) is 0.909. The molecule has 0 spiro atoms. The number of aliphatic imine (C=N–C) groups is 1. The molecule has 1 heterocycles. The van der Waals surface area contributed by atoms with Gasteiger partial charge in [-0.15, -0.1) is 0 Å². The highest BCUT2D eigenvalue weighted by atomic mass is 15.1. The molecule has 0 amide bonds. The molecule has 0 aromatic carbocycles. The van der Waals surface area contributed by atoms with Gasteiger partial charge in [0.25, 0.3) is 0 Å². The summed E-state index contributed by atoms with van der Waals surface area (Å²) >= 11 is 0. The molecule has 1 rings (SSSR count). The molecule has 0 aromatic rings. The van der Waals surface area contributed by atoms with E-state index in [1.807, 2.05) is 0 Å². The minimum atomic E-state index is 0.861. The van der Waals surface area contributed by atoms with E-state index in [0.29, 0.717) is 0 Å². The third kappa shape index (κ3) is 3.79. The van der Waals surface area contributed by atoms with Crippen LogP contribution in [0.3, 0.4) is 0 Å². The molecular weight excluding hydrogens is 160 g/mol. The molecule has 13 heavy (non-hydrogen) atoms. The molecule has 0 radical (unpaired) electrons. The van der Waals surface area contributed by atoms with E-state index < -0.39 is 0 Å². The molecule has 0 atom stereocenters. The topological polar surface area (TPSA) is 24.4 Å². The van der Waals surface area contributed by atoms with Crippen LogP contribution in [0.15, 0.2) is 4.99 Å². The van der Waals surface area contributed by atoms with Crippen molar-refractivity contribution in [3.63, 3.8) is 0 Å². The maximum atomic E-state index is 4.45. The van der Waals surface area contributed by atoms with Crippen LogP contribution in [-0.2, 0) is 0 Å². The van der Waals surface area contributed by atoms with Crippen molar-refractivity contribution in [3.8, 4) is 0 Å². The van der Waals surface area contributed by atoms with Crippen molar-refractivity contribution in [2.24, 2.45) is 10.9 Å². The van der Waals surface area contributed by atoms with Crippen LogP contribution in [0.1, 0.15) is 46.0 Å². The van der Waals surface area contributed by atoms with Crippen molar-refractivity contribution in [2.75, 3.05) is 13.1 Å². The summed E-state index contributed by atoms with van der Waals surface area (Å²) in [5.41, 5.74) is 0. The van der Waals surface area contributed by atoms with E-state index in [4.69, 9.17) is 0 Å². The largest absolute Gasteiger partial charge is 0.372 e. The van der Waals surface area contributed by atoms with Crippen molar-refractivity contribution >= 4 is 5.84 Å². The van der Waals surface area contributed by atoms with Gasteiger partial charge in [-0.25, -0.2) is 0 Å². The van der Waals surface area contributed by atoms with Crippen LogP contribution in [0.5, 0.6) is 0 Å². The van der Waals surface area contributed by atoms with Crippen molar-refractivity contribution in [1.29, 1.82) is 0 Å². The molecule has 1 aliphatic rings. The summed E-state index contributed by atoms with van der Waals surface area (Å²) in [4.78, 5) is 4.45. The average Bonchev–Trinajstić information content (AvgIpc) is 2.58. The number of hydrogen-bond acceptors (Lipinski definition) is 2. The van der Waals surface area contributed by atoms with Crippen LogP contribution in [-0.4, -0.2) is 18.9 Å². The van der Waals surface area contributed by atoms with Gasteiger partial charge in [0, 0.05) is 13.0 Å². The second-order valence-corrected chi connectivity index (χ2v) is 3.90. The smallest absolute Gasteiger partial charge is 0.0967 e. The van der Waals surface area contributed by atoms with Crippen molar-refractivity contribution in [3.05, 3.63) is 0 Å². The SMILES string of the molecule is CCCC(CCC)CC1=NCCN1. The Bertz CT molecular complexity index is 157. The Morgan fingerprint density at radius 2 is 2.00 bits per heavy atom. The number of amidine groups is 1. The minimum absolute atomic E-state index is 0.861. The zero-order chi connectivity index (χ0) is 9.52. The molecule has 0 aliphatic carbocycles. The predicted octanol–water partition coefficient (Wildman–Crippen LogP) is 2.59. The van der Waals surface area contributed by atoms with Crippen molar-refractivity contribution in [1.82, 2.24) is 5.32 Å². The van der Waals surface area contributed by atoms with Gasteiger partial charge in [0.1, 0.15) is 0 Å². The normalized spacial score (nSPS) is 16.1. The second kappa shape index (κ2) is 6.01. The Hall–Kier alpha value is -0.530. The monoisotopic (exact) mass is 182 g/mol. The molecule has 76 valence electrons. The van der Waals surface area contributed by atoms with Crippen LogP contribution in [0, 0.1) is 5.92 Å². The predicted molar refractivity (Wildman–Crippen MR) is 58.2 cm³/mol. The van der Waals surface area contributed by atoms with Gasteiger partial charge in [0.15, 0.2) is 0 Å². The van der Waals surface area contributed by atoms with Crippen molar-refractivity contribution < 1.29 is 0 Å². The first-order valence-corrected chi connectivity index (χ1v) is 5.64. The Kier molecular flexibility index (Phi) is 4.87. The summed E-state index contributed by atoms with van der Waals surface area (Å²) in [7, 11) is 0. The fourth-order valence-electron chi connectivity index (χ4n) is 2.02. The fourth-order valence-corrected chi connectivity index (χ4v) is 2.02. The van der Waals surface area contributed by atoms with Gasteiger partial charge in [-0.05, 0) is 5.92 Å². The van der Waals surface area contributed by atoms with Crippen LogP contribution >= 0.6 is 0 Å². The zero-order valence-electron chi connectivity index (χ0n) is 8.97. The molecule has 0 fully saturated rings. The van der Waals surface area contributed by atoms with E-state index >= 15 is 0 Å². The van der Waals surface area contributed by atoms with Crippen LogP contribution < -0.4 is 5.32 Å². The van der Waals surface area contributed by atoms with E-state index in [1.54, 1.807) is 0 Å². The molecule has 1 aliphatic heterocycles. The number of nitrogens with one attached hydrogen (secondary N) is 1. The van der Waals surface area contributed by atoms with Crippen LogP contribution in [0.4, 0.5) is 0 Å². The van der Waals surface area contributed by atoms with E-state index in [1.165, 1.54) is 37.9 Å². The minimum Gasteiger partial charge on any atom is -0.372 e. The standard InChI is InChI=1S/C11H22N2/c1-3-5-10(6-4-2)9-11-12-7-8-13-11/h10H,3-9H2,1-2H3,(H,12,13). The lowest BCUT2D eigenvalue weighted by molar-refractivity contribution is 0.452. The number of rotatable bonds is 6. The molecule has 0 aromatic heterocycles. The van der Waals surface area contributed by atoms with Gasteiger partial charge in [0.05, 0.1) is 12.4 Å². The Morgan fingerprint density at radius 1 is 1.31 bits per heavy atom. The van der Waals surface area contributed by atoms with Gasteiger partial charge >= 0.3 is 0 Å². The average molecular weight is 182 g/mol. The third-order valence-electron chi connectivity index (χ3n) is 2.62. The molecule has 1 N–H and O–H groups in total. The van der Waals surface area contributed by atoms with Gasteiger partial charge in [0.2, 0.25) is 0 Å². The maximum Gasteiger partial charge on any atom is 0.0967 e. The highest BCUT2D eigenvalue weighted by Gasteiger charge is 2.12. The summed E-state index contributed by atoms with van der Waals surface area (Å²) < 4.78 is 0. The first-order valence-electron chi connectivity index (χ1n) is 5.64. The highest BCUT2D eigenvalue weighted by molar-refractivity contribution is 5.83. The summed E-state index contributed by atoms with van der Waals surface area (Å²) in [6.45, 7) is 6.58. The molecular formula is C11H22N2.